The van der Waals surface area contributed by atoms with E-state index in [1.54, 1.807) is 19.4 Å². The molecule has 1 aromatic carbocycles. The van der Waals surface area contributed by atoms with Crippen LogP contribution < -0.4 is 10.7 Å². The maximum Gasteiger partial charge on any atom is 0.257 e. The number of methoxy groups -OCH3 is 1. The Labute approximate surface area is 128 Å². The summed E-state index contributed by atoms with van der Waals surface area (Å²) in [6.45, 7) is 4.35. The highest BCUT2D eigenvalue weighted by Crippen LogP contribution is 2.30. The largest absolute Gasteiger partial charge is 0.383 e. The Morgan fingerprint density at radius 2 is 2.27 bits per heavy atom. The number of rotatable bonds is 4. The van der Waals surface area contributed by atoms with Gasteiger partial charge in [-0.1, -0.05) is 12.1 Å². The highest BCUT2D eigenvalue weighted by molar-refractivity contribution is 5.98. The number of aromatic nitrogens is 1. The molecule has 22 heavy (non-hydrogen) atoms. The van der Waals surface area contributed by atoms with Crippen molar-refractivity contribution in [2.24, 2.45) is 0 Å². The van der Waals surface area contributed by atoms with Gasteiger partial charge in [0, 0.05) is 30.8 Å². The van der Waals surface area contributed by atoms with Gasteiger partial charge >= 0.3 is 0 Å². The van der Waals surface area contributed by atoms with Crippen LogP contribution >= 0.6 is 0 Å². The van der Waals surface area contributed by atoms with E-state index in [2.05, 4.69) is 12.2 Å². The van der Waals surface area contributed by atoms with Crippen LogP contribution in [0.4, 0.5) is 0 Å². The third-order valence-electron chi connectivity index (χ3n) is 4.16. The van der Waals surface area contributed by atoms with Crippen molar-refractivity contribution in [1.29, 1.82) is 0 Å². The number of carbonyl (C=O) groups excluding carboxylic acids is 1. The lowest BCUT2D eigenvalue weighted by Crippen LogP contribution is -2.38. The molecular formula is C17H20N2O3. The molecule has 1 aromatic heterocycles. The molecule has 3 rings (SSSR count). The van der Waals surface area contributed by atoms with Crippen LogP contribution in [0.1, 0.15) is 35.8 Å². The van der Waals surface area contributed by atoms with Crippen LogP contribution in [0.25, 0.3) is 10.9 Å². The first-order chi connectivity index (χ1) is 10.5. The van der Waals surface area contributed by atoms with Gasteiger partial charge in [0.25, 0.3) is 5.91 Å². The molecular weight excluding hydrogens is 280 g/mol. The summed E-state index contributed by atoms with van der Waals surface area (Å²) in [5.41, 5.74) is 2.12. The summed E-state index contributed by atoms with van der Waals surface area (Å²) in [4.78, 5) is 25.0. The summed E-state index contributed by atoms with van der Waals surface area (Å²) in [6, 6.07) is 5.84. The SMILES string of the molecule is COC[C@@H](C)NC(=O)c1cn2c3c(cccc3c1=O)C[C@H]2C. The van der Waals surface area contributed by atoms with E-state index < -0.39 is 0 Å². The summed E-state index contributed by atoms with van der Waals surface area (Å²) in [5, 5.41) is 3.43. The highest BCUT2D eigenvalue weighted by atomic mass is 16.5. The fraction of sp³-hybridized carbons (Fsp3) is 0.412. The fourth-order valence-corrected chi connectivity index (χ4v) is 3.17. The molecule has 5 heteroatoms. The monoisotopic (exact) mass is 300 g/mol. The van der Waals surface area contributed by atoms with E-state index in [0.717, 1.165) is 11.9 Å². The molecule has 0 saturated heterocycles. The lowest BCUT2D eigenvalue weighted by atomic mass is 10.1. The minimum Gasteiger partial charge on any atom is -0.383 e. The first kappa shape index (κ1) is 14.8. The summed E-state index contributed by atoms with van der Waals surface area (Å²) >= 11 is 0. The molecule has 0 bridgehead atoms. The first-order valence-electron chi connectivity index (χ1n) is 7.49. The smallest absolute Gasteiger partial charge is 0.257 e. The zero-order chi connectivity index (χ0) is 15.9. The molecule has 0 unspecified atom stereocenters. The van der Waals surface area contributed by atoms with E-state index in [1.165, 1.54) is 5.56 Å². The minimum absolute atomic E-state index is 0.144. The molecule has 1 aliphatic rings. The number of nitrogens with one attached hydrogen (secondary N) is 1. The Morgan fingerprint density at radius 1 is 1.50 bits per heavy atom. The summed E-state index contributed by atoms with van der Waals surface area (Å²) in [5.74, 6) is -0.343. The van der Waals surface area contributed by atoms with Crippen LogP contribution in [0.5, 0.6) is 0 Å². The Bertz CT molecular complexity index is 794. The van der Waals surface area contributed by atoms with Crippen molar-refractivity contribution >= 4 is 16.8 Å². The van der Waals surface area contributed by atoms with Crippen LogP contribution in [0, 0.1) is 0 Å². The van der Waals surface area contributed by atoms with Crippen molar-refractivity contribution in [3.63, 3.8) is 0 Å². The van der Waals surface area contributed by atoms with Crippen molar-refractivity contribution in [1.82, 2.24) is 9.88 Å². The van der Waals surface area contributed by atoms with Crippen molar-refractivity contribution in [2.45, 2.75) is 32.4 Å². The van der Waals surface area contributed by atoms with Gasteiger partial charge in [-0.05, 0) is 31.9 Å². The van der Waals surface area contributed by atoms with Crippen LogP contribution in [0.15, 0.2) is 29.2 Å². The average Bonchev–Trinajstić information content (AvgIpc) is 2.79. The van der Waals surface area contributed by atoms with Crippen LogP contribution in [0.2, 0.25) is 0 Å². The second-order valence-corrected chi connectivity index (χ2v) is 5.98. The fourth-order valence-electron chi connectivity index (χ4n) is 3.17. The van der Waals surface area contributed by atoms with E-state index in [9.17, 15) is 9.59 Å². The lowest BCUT2D eigenvalue weighted by molar-refractivity contribution is 0.0904. The van der Waals surface area contributed by atoms with E-state index in [0.29, 0.717) is 12.0 Å². The number of carbonyl (C=O) groups is 1. The minimum atomic E-state index is -0.343. The van der Waals surface area contributed by atoms with Gasteiger partial charge in [0.2, 0.25) is 5.43 Å². The third kappa shape index (κ3) is 2.31. The second kappa shape index (κ2) is 5.57. The molecule has 0 fully saturated rings. The predicted molar refractivity (Wildman–Crippen MR) is 85.4 cm³/mol. The molecule has 116 valence electrons. The molecule has 2 atom stereocenters. The van der Waals surface area contributed by atoms with Gasteiger partial charge in [0.15, 0.2) is 0 Å². The third-order valence-corrected chi connectivity index (χ3v) is 4.16. The first-order valence-corrected chi connectivity index (χ1v) is 7.49. The maximum absolute atomic E-state index is 12.6. The van der Waals surface area contributed by atoms with Gasteiger partial charge in [0.05, 0.1) is 12.1 Å². The van der Waals surface area contributed by atoms with Crippen molar-refractivity contribution in [2.75, 3.05) is 13.7 Å². The van der Waals surface area contributed by atoms with Crippen molar-refractivity contribution < 1.29 is 9.53 Å². The predicted octanol–water partition coefficient (Wildman–Crippen LogP) is 1.88. The number of amides is 1. The van der Waals surface area contributed by atoms with Gasteiger partial charge in [-0.3, -0.25) is 9.59 Å². The lowest BCUT2D eigenvalue weighted by Gasteiger charge is -2.15. The number of nitrogens with zero attached hydrogens (tertiary/aromatic N) is 1. The number of para-hydroxylation sites is 1. The van der Waals surface area contributed by atoms with Crippen molar-refractivity contribution in [3.05, 3.63) is 45.7 Å². The van der Waals surface area contributed by atoms with Crippen LogP contribution in [-0.4, -0.2) is 30.2 Å². The normalized spacial score (nSPS) is 17.7. The molecule has 2 heterocycles. The number of hydrogen-bond donors (Lipinski definition) is 1. The standard InChI is InChI=1S/C17H20N2O3/c1-10(9-22-3)18-17(21)14-8-19-11(2)7-12-5-4-6-13(15(12)19)16(14)20/h4-6,8,10-11H,7,9H2,1-3H3,(H,18,21)/t10-,11-/m1/s1. The Morgan fingerprint density at radius 3 is 3.00 bits per heavy atom. The van der Waals surface area contributed by atoms with Gasteiger partial charge in [-0.15, -0.1) is 0 Å². The molecule has 2 aromatic rings. The average molecular weight is 300 g/mol. The Kier molecular flexibility index (Phi) is 3.74. The number of benzene rings is 1. The summed E-state index contributed by atoms with van der Waals surface area (Å²) in [7, 11) is 1.58. The quantitative estimate of drug-likeness (QED) is 0.938. The zero-order valence-corrected chi connectivity index (χ0v) is 13.1. The van der Waals surface area contributed by atoms with Gasteiger partial charge in [-0.2, -0.15) is 0 Å². The second-order valence-electron chi connectivity index (χ2n) is 5.98. The number of hydrogen-bond acceptors (Lipinski definition) is 3. The summed E-state index contributed by atoms with van der Waals surface area (Å²) in [6.07, 6.45) is 2.59. The van der Waals surface area contributed by atoms with E-state index in [1.807, 2.05) is 23.6 Å². The maximum atomic E-state index is 12.6. The molecule has 0 radical (unpaired) electrons. The Hall–Kier alpha value is -2.14. The van der Waals surface area contributed by atoms with Crippen LogP contribution in [0.3, 0.4) is 0 Å². The van der Waals surface area contributed by atoms with Gasteiger partial charge < -0.3 is 14.6 Å². The highest BCUT2D eigenvalue weighted by Gasteiger charge is 2.24. The van der Waals surface area contributed by atoms with E-state index >= 15 is 0 Å². The molecule has 1 amide bonds. The molecule has 1 N–H and O–H groups in total. The zero-order valence-electron chi connectivity index (χ0n) is 13.1. The topological polar surface area (TPSA) is 60.3 Å². The molecule has 0 aliphatic carbocycles. The van der Waals surface area contributed by atoms with Gasteiger partial charge in [-0.25, -0.2) is 0 Å². The summed E-state index contributed by atoms with van der Waals surface area (Å²) < 4.78 is 7.06. The van der Waals surface area contributed by atoms with Gasteiger partial charge in [0.1, 0.15) is 5.56 Å². The number of pyridine rings is 1. The van der Waals surface area contributed by atoms with Crippen molar-refractivity contribution in [3.8, 4) is 0 Å². The number of ether oxygens (including phenoxy) is 1. The molecule has 0 saturated carbocycles. The van der Waals surface area contributed by atoms with E-state index in [4.69, 9.17) is 4.74 Å². The molecule has 5 nitrogen and oxygen atoms in total. The molecule has 0 spiro atoms. The Balaban J connectivity index is 2.08. The van der Waals surface area contributed by atoms with Crippen LogP contribution in [-0.2, 0) is 11.2 Å². The van der Waals surface area contributed by atoms with E-state index in [-0.39, 0.29) is 29.0 Å². The molecule has 1 aliphatic heterocycles.